The first-order chi connectivity index (χ1) is 7.79. The fourth-order valence-corrected chi connectivity index (χ4v) is 1.35. The van der Waals surface area contributed by atoms with Crippen molar-refractivity contribution in [1.82, 2.24) is 5.48 Å². The number of nitro groups is 1. The van der Waals surface area contributed by atoms with Gasteiger partial charge in [-0.25, -0.2) is 0 Å². The molecule has 6 heteroatoms. The van der Waals surface area contributed by atoms with Gasteiger partial charge in [-0.2, -0.15) is 5.48 Å². The first kappa shape index (κ1) is 13.9. The van der Waals surface area contributed by atoms with E-state index in [1.54, 1.807) is 12.1 Å². The van der Waals surface area contributed by atoms with Crippen molar-refractivity contribution in [3.8, 4) is 0 Å². The van der Waals surface area contributed by atoms with Crippen LogP contribution in [0.5, 0.6) is 0 Å². The Kier molecular flexibility index (Phi) is 4.45. The second-order valence-electron chi connectivity index (χ2n) is 4.57. The van der Waals surface area contributed by atoms with Gasteiger partial charge in [0, 0.05) is 16.7 Å². The molecular formula is C11H15ClN2O3. The molecule has 5 nitrogen and oxygen atoms in total. The summed E-state index contributed by atoms with van der Waals surface area (Å²) in [5.41, 5.74) is 2.88. The molecule has 0 aromatic heterocycles. The minimum atomic E-state index is -0.458. The molecule has 0 aliphatic carbocycles. The summed E-state index contributed by atoms with van der Waals surface area (Å²) in [5.74, 6) is 0. The van der Waals surface area contributed by atoms with Crippen LogP contribution in [0.25, 0.3) is 0 Å². The number of nitro benzene ring substituents is 1. The third kappa shape index (κ3) is 4.68. The molecule has 1 aromatic rings. The van der Waals surface area contributed by atoms with E-state index in [0.29, 0.717) is 10.6 Å². The van der Waals surface area contributed by atoms with Crippen molar-refractivity contribution in [2.24, 2.45) is 0 Å². The van der Waals surface area contributed by atoms with Crippen LogP contribution in [-0.4, -0.2) is 10.5 Å². The van der Waals surface area contributed by atoms with Crippen LogP contribution in [0.4, 0.5) is 5.69 Å². The predicted molar refractivity (Wildman–Crippen MR) is 65.8 cm³/mol. The first-order valence-corrected chi connectivity index (χ1v) is 5.51. The summed E-state index contributed by atoms with van der Waals surface area (Å²) in [6.07, 6.45) is 0. The van der Waals surface area contributed by atoms with Gasteiger partial charge in [0.2, 0.25) is 0 Å². The largest absolute Gasteiger partial charge is 0.296 e. The van der Waals surface area contributed by atoms with Gasteiger partial charge in [0.25, 0.3) is 5.69 Å². The Balaban J connectivity index is 2.74. The van der Waals surface area contributed by atoms with Crippen molar-refractivity contribution in [1.29, 1.82) is 0 Å². The molecule has 1 N–H and O–H groups in total. The van der Waals surface area contributed by atoms with E-state index < -0.39 is 4.92 Å². The molecule has 0 unspecified atom stereocenters. The molecule has 0 saturated carbocycles. The number of benzene rings is 1. The van der Waals surface area contributed by atoms with Crippen LogP contribution in [0.1, 0.15) is 26.3 Å². The molecule has 0 bridgehead atoms. The average Bonchev–Trinajstić information content (AvgIpc) is 2.18. The predicted octanol–water partition coefficient (Wildman–Crippen LogP) is 3.07. The third-order valence-electron chi connectivity index (χ3n) is 1.89. The second kappa shape index (κ2) is 5.44. The fraction of sp³-hybridized carbons (Fsp3) is 0.455. The lowest BCUT2D eigenvalue weighted by Crippen LogP contribution is -2.28. The Morgan fingerprint density at radius 1 is 1.47 bits per heavy atom. The van der Waals surface area contributed by atoms with Gasteiger partial charge < -0.3 is 0 Å². The second-order valence-corrected chi connectivity index (χ2v) is 5.00. The number of hydroxylamine groups is 1. The lowest BCUT2D eigenvalue weighted by molar-refractivity contribution is -0.385. The Hall–Kier alpha value is -1.17. The highest BCUT2D eigenvalue weighted by atomic mass is 35.5. The Morgan fingerprint density at radius 2 is 2.12 bits per heavy atom. The van der Waals surface area contributed by atoms with Crippen LogP contribution >= 0.6 is 11.6 Å². The zero-order chi connectivity index (χ0) is 13.1. The number of hydrogen-bond acceptors (Lipinski definition) is 4. The number of halogens is 1. The number of nitrogens with one attached hydrogen (secondary N) is 1. The molecular weight excluding hydrogens is 244 g/mol. The van der Waals surface area contributed by atoms with Gasteiger partial charge in [-0.05, 0) is 32.9 Å². The topological polar surface area (TPSA) is 64.4 Å². The van der Waals surface area contributed by atoms with E-state index in [9.17, 15) is 10.1 Å². The van der Waals surface area contributed by atoms with E-state index >= 15 is 0 Å². The maximum absolute atomic E-state index is 10.8. The fourth-order valence-electron chi connectivity index (χ4n) is 1.19. The number of hydrogen-bond donors (Lipinski definition) is 1. The lowest BCUT2D eigenvalue weighted by atomic mass is 10.2. The van der Waals surface area contributed by atoms with E-state index in [1.165, 1.54) is 6.07 Å². The number of rotatable bonds is 4. The van der Waals surface area contributed by atoms with Crippen molar-refractivity contribution in [2.75, 3.05) is 0 Å². The van der Waals surface area contributed by atoms with Crippen molar-refractivity contribution in [2.45, 2.75) is 32.9 Å². The Labute approximate surface area is 105 Å². The van der Waals surface area contributed by atoms with Gasteiger partial charge in [0.1, 0.15) is 0 Å². The van der Waals surface area contributed by atoms with Gasteiger partial charge in [-0.3, -0.25) is 15.0 Å². The van der Waals surface area contributed by atoms with Crippen LogP contribution in [0, 0.1) is 10.1 Å². The van der Waals surface area contributed by atoms with Gasteiger partial charge in [0.15, 0.2) is 0 Å². The lowest BCUT2D eigenvalue weighted by Gasteiger charge is -2.19. The molecule has 0 heterocycles. The molecule has 94 valence electrons. The summed E-state index contributed by atoms with van der Waals surface area (Å²) in [5, 5.41) is 11.2. The molecule has 0 saturated heterocycles. The molecule has 0 spiro atoms. The van der Waals surface area contributed by atoms with E-state index in [1.807, 2.05) is 20.8 Å². The third-order valence-corrected chi connectivity index (χ3v) is 2.12. The highest BCUT2D eigenvalue weighted by molar-refractivity contribution is 6.30. The zero-order valence-electron chi connectivity index (χ0n) is 9.99. The maximum atomic E-state index is 10.8. The molecule has 0 amide bonds. The van der Waals surface area contributed by atoms with Crippen molar-refractivity contribution >= 4 is 17.3 Å². The standard InChI is InChI=1S/C11H15ClN2O3/c1-11(2,3)17-13-7-8-4-5-9(12)6-10(8)14(15)16/h4-6,13H,7H2,1-3H3. The van der Waals surface area contributed by atoms with E-state index in [2.05, 4.69) is 5.48 Å². The zero-order valence-corrected chi connectivity index (χ0v) is 10.7. The summed E-state index contributed by atoms with van der Waals surface area (Å²) < 4.78 is 0. The minimum absolute atomic E-state index is 0.0116. The van der Waals surface area contributed by atoms with Crippen LogP contribution in [-0.2, 0) is 11.4 Å². The van der Waals surface area contributed by atoms with Crippen molar-refractivity contribution < 1.29 is 9.76 Å². The maximum Gasteiger partial charge on any atom is 0.275 e. The molecule has 0 atom stereocenters. The quantitative estimate of drug-likeness (QED) is 0.666. The summed E-state index contributed by atoms with van der Waals surface area (Å²) in [7, 11) is 0. The molecule has 1 aromatic carbocycles. The summed E-state index contributed by atoms with van der Waals surface area (Å²) in [4.78, 5) is 15.6. The Bertz CT molecular complexity index is 416. The van der Waals surface area contributed by atoms with Crippen LogP contribution in [0.2, 0.25) is 5.02 Å². The average molecular weight is 259 g/mol. The molecule has 1 rings (SSSR count). The van der Waals surface area contributed by atoms with Crippen LogP contribution in [0.15, 0.2) is 18.2 Å². The number of nitrogens with zero attached hydrogens (tertiary/aromatic N) is 1. The summed E-state index contributed by atoms with van der Waals surface area (Å²) >= 11 is 5.71. The summed E-state index contributed by atoms with van der Waals surface area (Å²) in [6.45, 7) is 5.91. The molecule has 17 heavy (non-hydrogen) atoms. The van der Waals surface area contributed by atoms with Gasteiger partial charge in [-0.15, -0.1) is 0 Å². The SMILES string of the molecule is CC(C)(C)ONCc1ccc(Cl)cc1[N+](=O)[O-]. The van der Waals surface area contributed by atoms with Crippen molar-refractivity contribution in [3.05, 3.63) is 38.9 Å². The van der Waals surface area contributed by atoms with E-state index in [4.69, 9.17) is 16.4 Å². The molecule has 0 fully saturated rings. The van der Waals surface area contributed by atoms with E-state index in [-0.39, 0.29) is 17.8 Å². The van der Waals surface area contributed by atoms with E-state index in [0.717, 1.165) is 0 Å². The normalized spacial score (nSPS) is 11.5. The van der Waals surface area contributed by atoms with Gasteiger partial charge in [-0.1, -0.05) is 11.6 Å². The minimum Gasteiger partial charge on any atom is -0.296 e. The Morgan fingerprint density at radius 3 is 2.65 bits per heavy atom. The van der Waals surface area contributed by atoms with Gasteiger partial charge >= 0.3 is 0 Å². The smallest absolute Gasteiger partial charge is 0.275 e. The van der Waals surface area contributed by atoms with Crippen LogP contribution < -0.4 is 5.48 Å². The highest BCUT2D eigenvalue weighted by Gasteiger charge is 2.15. The van der Waals surface area contributed by atoms with Gasteiger partial charge in [0.05, 0.1) is 17.1 Å². The molecule has 0 radical (unpaired) electrons. The monoisotopic (exact) mass is 258 g/mol. The highest BCUT2D eigenvalue weighted by Crippen LogP contribution is 2.23. The summed E-state index contributed by atoms with van der Waals surface area (Å²) in [6, 6.07) is 4.55. The molecule has 0 aliphatic rings. The first-order valence-electron chi connectivity index (χ1n) is 5.13. The van der Waals surface area contributed by atoms with Crippen molar-refractivity contribution in [3.63, 3.8) is 0 Å². The van der Waals surface area contributed by atoms with Crippen LogP contribution in [0.3, 0.4) is 0 Å². The molecule has 0 aliphatic heterocycles.